The van der Waals surface area contributed by atoms with Crippen molar-refractivity contribution < 1.29 is 13.3 Å². The topological polar surface area (TPSA) is 39.4 Å². The third-order valence-corrected chi connectivity index (χ3v) is 8.86. The van der Waals surface area contributed by atoms with Gasteiger partial charge in [-0.1, -0.05) is 91.0 Å². The zero-order chi connectivity index (χ0) is 28.1. The van der Waals surface area contributed by atoms with E-state index in [4.69, 9.17) is 13.3 Å². The highest BCUT2D eigenvalue weighted by Gasteiger charge is 2.20. The van der Waals surface area contributed by atoms with E-state index in [-0.39, 0.29) is 0 Å². The second-order valence-corrected chi connectivity index (χ2v) is 11.2. The molecule has 10 aromatic rings. The third-order valence-electron chi connectivity index (χ3n) is 8.86. The molecule has 3 nitrogen and oxygen atoms in total. The average Bonchev–Trinajstić information content (AvgIpc) is 3.74. The van der Waals surface area contributed by atoms with E-state index in [1.54, 1.807) is 0 Å². The fraction of sp³-hybridized carbons (Fsp3) is 0. The van der Waals surface area contributed by atoms with Crippen LogP contribution in [0.1, 0.15) is 0 Å². The lowest BCUT2D eigenvalue weighted by atomic mass is 9.87. The van der Waals surface area contributed by atoms with E-state index in [0.29, 0.717) is 0 Å². The lowest BCUT2D eigenvalue weighted by Crippen LogP contribution is -1.89. The van der Waals surface area contributed by atoms with Gasteiger partial charge in [0.15, 0.2) is 0 Å². The highest BCUT2D eigenvalue weighted by atomic mass is 16.3. The van der Waals surface area contributed by atoms with Crippen molar-refractivity contribution in [1.82, 2.24) is 0 Å². The summed E-state index contributed by atoms with van der Waals surface area (Å²) in [4.78, 5) is 0. The van der Waals surface area contributed by atoms with Crippen LogP contribution in [0.25, 0.3) is 98.8 Å². The molecule has 7 aromatic carbocycles. The van der Waals surface area contributed by atoms with Crippen LogP contribution in [0.3, 0.4) is 0 Å². The fourth-order valence-corrected chi connectivity index (χ4v) is 6.97. The zero-order valence-corrected chi connectivity index (χ0v) is 22.9. The van der Waals surface area contributed by atoms with Crippen molar-refractivity contribution in [2.75, 3.05) is 0 Å². The Kier molecular flexibility index (Phi) is 4.45. The fourth-order valence-electron chi connectivity index (χ4n) is 6.97. The number of para-hydroxylation sites is 2. The average molecular weight is 551 g/mol. The maximum absolute atomic E-state index is 6.68. The number of benzene rings is 7. The van der Waals surface area contributed by atoms with Crippen LogP contribution in [-0.4, -0.2) is 0 Å². The summed E-state index contributed by atoms with van der Waals surface area (Å²) >= 11 is 0. The number of rotatable bonds is 2. The second-order valence-electron chi connectivity index (χ2n) is 11.2. The van der Waals surface area contributed by atoms with Crippen LogP contribution < -0.4 is 0 Å². The van der Waals surface area contributed by atoms with Gasteiger partial charge in [0.25, 0.3) is 0 Å². The van der Waals surface area contributed by atoms with Gasteiger partial charge in [-0.3, -0.25) is 0 Å². The van der Waals surface area contributed by atoms with Crippen molar-refractivity contribution in [2.24, 2.45) is 0 Å². The molecule has 43 heavy (non-hydrogen) atoms. The first-order chi connectivity index (χ1) is 21.3. The molecule has 0 N–H and O–H groups in total. The molecule has 0 fully saturated rings. The minimum Gasteiger partial charge on any atom is -0.456 e. The van der Waals surface area contributed by atoms with Gasteiger partial charge in [0, 0.05) is 32.5 Å². The first kappa shape index (κ1) is 22.8. The minimum absolute atomic E-state index is 0.849. The molecule has 0 unspecified atom stereocenters. The summed E-state index contributed by atoms with van der Waals surface area (Å²) in [5.41, 5.74) is 7.89. The largest absolute Gasteiger partial charge is 0.456 e. The molecule has 200 valence electrons. The van der Waals surface area contributed by atoms with E-state index in [1.165, 1.54) is 16.3 Å². The first-order valence-electron chi connectivity index (χ1n) is 14.5. The van der Waals surface area contributed by atoms with Crippen LogP contribution in [-0.2, 0) is 0 Å². The SMILES string of the molecule is c1ccc2c(c1)oc1ccc(-c3c4ccccc4c(-c4cc5cc6oc7ccccc7c6cc5o4)c4ccccc34)cc12. The molecule has 0 saturated heterocycles. The molecule has 3 aromatic heterocycles. The number of fused-ring (bicyclic) bond motifs is 9. The molecule has 0 atom stereocenters. The Labute approximate surface area is 245 Å². The molecular formula is C40H22O3. The molecule has 10 rings (SSSR count). The summed E-state index contributed by atoms with van der Waals surface area (Å²) in [6.45, 7) is 0. The van der Waals surface area contributed by atoms with Crippen LogP contribution in [0.15, 0.2) is 147 Å². The van der Waals surface area contributed by atoms with Crippen LogP contribution in [0, 0.1) is 0 Å². The van der Waals surface area contributed by atoms with Gasteiger partial charge in [0.2, 0.25) is 0 Å². The van der Waals surface area contributed by atoms with Crippen molar-refractivity contribution in [3.63, 3.8) is 0 Å². The first-order valence-corrected chi connectivity index (χ1v) is 14.5. The Morgan fingerprint density at radius 2 is 0.814 bits per heavy atom. The maximum atomic E-state index is 6.68. The summed E-state index contributed by atoms with van der Waals surface area (Å²) in [5.74, 6) is 0.849. The second kappa shape index (κ2) is 8.37. The normalized spacial score (nSPS) is 12.2. The third kappa shape index (κ3) is 3.19. The highest BCUT2D eigenvalue weighted by Crippen LogP contribution is 2.46. The quantitative estimate of drug-likeness (QED) is 0.201. The predicted octanol–water partition coefficient (Wildman–Crippen LogP) is 11.9. The van der Waals surface area contributed by atoms with Gasteiger partial charge in [-0.25, -0.2) is 0 Å². The van der Waals surface area contributed by atoms with Gasteiger partial charge < -0.3 is 13.3 Å². The summed E-state index contributed by atoms with van der Waals surface area (Å²) in [6.07, 6.45) is 0. The van der Waals surface area contributed by atoms with Crippen molar-refractivity contribution in [3.8, 4) is 22.5 Å². The van der Waals surface area contributed by atoms with E-state index in [2.05, 4.69) is 103 Å². The minimum atomic E-state index is 0.849. The van der Waals surface area contributed by atoms with E-state index >= 15 is 0 Å². The Hall–Kier alpha value is -5.80. The van der Waals surface area contributed by atoms with E-state index < -0.39 is 0 Å². The van der Waals surface area contributed by atoms with Gasteiger partial charge in [-0.05, 0) is 75.1 Å². The van der Waals surface area contributed by atoms with Crippen LogP contribution >= 0.6 is 0 Å². The van der Waals surface area contributed by atoms with E-state index in [9.17, 15) is 0 Å². The van der Waals surface area contributed by atoms with E-state index in [1.807, 2.05) is 30.3 Å². The number of hydrogen-bond donors (Lipinski definition) is 0. The van der Waals surface area contributed by atoms with Gasteiger partial charge >= 0.3 is 0 Å². The Balaban J connectivity index is 1.26. The monoisotopic (exact) mass is 550 g/mol. The van der Waals surface area contributed by atoms with Crippen LogP contribution in [0.2, 0.25) is 0 Å². The maximum Gasteiger partial charge on any atom is 0.136 e. The molecule has 0 bridgehead atoms. The summed E-state index contributed by atoms with van der Waals surface area (Å²) in [6, 6.07) is 46.6. The van der Waals surface area contributed by atoms with E-state index in [0.717, 1.165) is 82.5 Å². The molecule has 0 aliphatic carbocycles. The molecule has 0 amide bonds. The zero-order valence-electron chi connectivity index (χ0n) is 22.9. The molecule has 0 aliphatic rings. The van der Waals surface area contributed by atoms with Crippen molar-refractivity contribution in [1.29, 1.82) is 0 Å². The van der Waals surface area contributed by atoms with Gasteiger partial charge in [-0.2, -0.15) is 0 Å². The molecular weight excluding hydrogens is 528 g/mol. The Morgan fingerprint density at radius 3 is 1.47 bits per heavy atom. The Morgan fingerprint density at radius 1 is 0.302 bits per heavy atom. The summed E-state index contributed by atoms with van der Waals surface area (Å²) in [5, 5.41) is 10.1. The standard InChI is InChI=1S/C40H22O3/c1-3-13-29-27(11-1)39(23-17-18-35-31(19-23)25-9-5-7-15-33(25)41-35)28-12-2-4-14-30(28)40(29)38-21-24-20-37-32(22-36(24)43-38)26-10-6-8-16-34(26)42-37/h1-22H. The van der Waals surface area contributed by atoms with Crippen LogP contribution in [0.4, 0.5) is 0 Å². The highest BCUT2D eigenvalue weighted by molar-refractivity contribution is 6.22. The molecule has 0 saturated carbocycles. The van der Waals surface area contributed by atoms with Gasteiger partial charge in [0.1, 0.15) is 33.7 Å². The van der Waals surface area contributed by atoms with Crippen LogP contribution in [0.5, 0.6) is 0 Å². The smallest absolute Gasteiger partial charge is 0.136 e. The molecule has 3 heteroatoms. The summed E-state index contributed by atoms with van der Waals surface area (Å²) < 4.78 is 19.0. The molecule has 0 aliphatic heterocycles. The molecule has 0 spiro atoms. The van der Waals surface area contributed by atoms with Gasteiger partial charge in [0.05, 0.1) is 0 Å². The predicted molar refractivity (Wildman–Crippen MR) is 177 cm³/mol. The number of hydrogen-bond acceptors (Lipinski definition) is 3. The summed E-state index contributed by atoms with van der Waals surface area (Å²) in [7, 11) is 0. The lowest BCUT2D eigenvalue weighted by molar-refractivity contribution is 0.633. The Bertz CT molecular complexity index is 2680. The van der Waals surface area contributed by atoms with Crippen molar-refractivity contribution in [2.45, 2.75) is 0 Å². The lowest BCUT2D eigenvalue weighted by Gasteiger charge is -2.16. The molecule has 0 radical (unpaired) electrons. The molecule has 3 heterocycles. The van der Waals surface area contributed by atoms with Gasteiger partial charge in [-0.15, -0.1) is 0 Å². The van der Waals surface area contributed by atoms with Crippen molar-refractivity contribution in [3.05, 3.63) is 133 Å². The number of furan rings is 3. The van der Waals surface area contributed by atoms with Crippen molar-refractivity contribution >= 4 is 76.4 Å².